The van der Waals surface area contributed by atoms with Crippen LogP contribution in [0, 0.1) is 12.7 Å². The Bertz CT molecular complexity index is 1480. The lowest BCUT2D eigenvalue weighted by Crippen LogP contribution is -2.49. The highest BCUT2D eigenvalue weighted by Gasteiger charge is 2.34. The Kier molecular flexibility index (Phi) is 7.20. The average Bonchev–Trinajstić information content (AvgIpc) is 3.46. The van der Waals surface area contributed by atoms with Crippen LogP contribution in [0.4, 0.5) is 16.0 Å². The Morgan fingerprint density at radius 3 is 2.76 bits per heavy atom. The van der Waals surface area contributed by atoms with E-state index in [0.717, 1.165) is 22.5 Å². The fraction of sp³-hybridized carbons (Fsp3) is 0.296. The van der Waals surface area contributed by atoms with E-state index < -0.39 is 5.82 Å². The Morgan fingerprint density at radius 1 is 1.24 bits per heavy atom. The van der Waals surface area contributed by atoms with Crippen molar-refractivity contribution in [1.82, 2.24) is 24.2 Å². The molecular weight excluding hydrogens is 511 g/mol. The number of halogens is 2. The predicted molar refractivity (Wildman–Crippen MR) is 142 cm³/mol. The molecule has 4 aromatic rings. The van der Waals surface area contributed by atoms with Crippen LogP contribution in [0.3, 0.4) is 0 Å². The van der Waals surface area contributed by atoms with Gasteiger partial charge < -0.3 is 24.6 Å². The third-order valence-electron chi connectivity index (χ3n) is 6.80. The first-order valence-corrected chi connectivity index (χ1v) is 12.5. The van der Waals surface area contributed by atoms with Gasteiger partial charge in [0.2, 0.25) is 0 Å². The molecule has 1 atom stereocenters. The molecule has 1 aromatic carbocycles. The Morgan fingerprint density at radius 2 is 2.05 bits per heavy atom. The molecule has 0 radical (unpaired) electrons. The number of hydrogen-bond acceptors (Lipinski definition) is 6. The summed E-state index contributed by atoms with van der Waals surface area (Å²) in [6.45, 7) is 2.64. The maximum absolute atomic E-state index is 14.0. The topological polar surface area (TPSA) is 97.4 Å². The Labute approximate surface area is 224 Å². The van der Waals surface area contributed by atoms with E-state index in [0.29, 0.717) is 40.8 Å². The molecule has 4 heterocycles. The first-order valence-electron chi connectivity index (χ1n) is 12.1. The fourth-order valence-corrected chi connectivity index (χ4v) is 5.03. The van der Waals surface area contributed by atoms with Crippen molar-refractivity contribution in [2.75, 3.05) is 19.0 Å². The van der Waals surface area contributed by atoms with Crippen LogP contribution in [-0.4, -0.2) is 55.0 Å². The van der Waals surface area contributed by atoms with Gasteiger partial charge in [-0.15, -0.1) is 0 Å². The van der Waals surface area contributed by atoms with Crippen molar-refractivity contribution in [2.45, 2.75) is 32.7 Å². The van der Waals surface area contributed by atoms with Crippen LogP contribution in [0.25, 0.3) is 11.1 Å². The molecule has 2 N–H and O–H groups in total. The summed E-state index contributed by atoms with van der Waals surface area (Å²) < 4.78 is 23.0. The molecular formula is C27H28ClFN6O3. The van der Waals surface area contributed by atoms with Gasteiger partial charge in [0.25, 0.3) is 5.91 Å². The number of aromatic nitrogens is 4. The molecule has 1 aliphatic heterocycles. The molecule has 0 spiro atoms. The maximum Gasteiger partial charge on any atom is 0.271 e. The minimum absolute atomic E-state index is 0.148. The number of rotatable bonds is 8. The third-order valence-corrected chi connectivity index (χ3v) is 7.10. The zero-order valence-electron chi connectivity index (χ0n) is 21.3. The van der Waals surface area contributed by atoms with Crippen LogP contribution in [0.5, 0.6) is 0 Å². The summed E-state index contributed by atoms with van der Waals surface area (Å²) in [5, 5.41) is 17.7. The molecule has 3 aromatic heterocycles. The Balaban J connectivity index is 1.48. The number of carbonyl (C=O) groups excluding carboxylic acids is 1. The van der Waals surface area contributed by atoms with E-state index in [1.807, 2.05) is 30.8 Å². The van der Waals surface area contributed by atoms with Crippen molar-refractivity contribution in [3.05, 3.63) is 82.1 Å². The summed E-state index contributed by atoms with van der Waals surface area (Å²) in [6.07, 6.45) is 5.24. The minimum atomic E-state index is -0.423. The number of aliphatic hydroxyl groups excluding tert-OH is 1. The fourth-order valence-electron chi connectivity index (χ4n) is 4.82. The molecule has 1 amide bonds. The van der Waals surface area contributed by atoms with Crippen molar-refractivity contribution in [3.63, 3.8) is 0 Å². The smallest absolute Gasteiger partial charge is 0.271 e. The summed E-state index contributed by atoms with van der Waals surface area (Å²) in [6, 6.07) is 7.55. The highest BCUT2D eigenvalue weighted by molar-refractivity contribution is 6.33. The monoisotopic (exact) mass is 538 g/mol. The van der Waals surface area contributed by atoms with Crippen LogP contribution < -0.4 is 5.32 Å². The van der Waals surface area contributed by atoms with Crippen LogP contribution in [0.1, 0.15) is 27.2 Å². The average molecular weight is 539 g/mol. The molecule has 1 aliphatic rings. The second kappa shape index (κ2) is 10.6. The number of hydrogen-bond donors (Lipinski definition) is 2. The van der Waals surface area contributed by atoms with E-state index in [-0.39, 0.29) is 25.1 Å². The number of benzene rings is 1. The van der Waals surface area contributed by atoms with E-state index in [9.17, 15) is 14.3 Å². The predicted octanol–water partition coefficient (Wildman–Crippen LogP) is 4.29. The molecule has 11 heteroatoms. The number of methoxy groups -OCH3 is 1. The number of nitrogens with one attached hydrogen (secondary N) is 1. The number of amides is 1. The van der Waals surface area contributed by atoms with Crippen LogP contribution in [0.15, 0.2) is 48.9 Å². The molecule has 38 heavy (non-hydrogen) atoms. The largest absolute Gasteiger partial charge is 0.392 e. The summed E-state index contributed by atoms with van der Waals surface area (Å²) in [4.78, 5) is 19.8. The number of pyridine rings is 1. The Hall–Kier alpha value is -3.73. The number of aliphatic hydroxyl groups is 1. The van der Waals surface area contributed by atoms with Crippen LogP contribution >= 0.6 is 11.6 Å². The molecule has 0 saturated carbocycles. The summed E-state index contributed by atoms with van der Waals surface area (Å²) in [5.74, 6) is 0.767. The quantitative estimate of drug-likeness (QED) is 0.347. The van der Waals surface area contributed by atoms with Crippen molar-refractivity contribution in [1.29, 1.82) is 0 Å². The van der Waals surface area contributed by atoms with Gasteiger partial charge in [-0.05, 0) is 42.3 Å². The third kappa shape index (κ3) is 4.90. The van der Waals surface area contributed by atoms with E-state index in [1.54, 1.807) is 35.2 Å². The van der Waals surface area contributed by atoms with Crippen molar-refractivity contribution in [3.8, 4) is 11.1 Å². The van der Waals surface area contributed by atoms with Crippen molar-refractivity contribution >= 4 is 29.1 Å². The van der Waals surface area contributed by atoms with Crippen LogP contribution in [0.2, 0.25) is 5.02 Å². The van der Waals surface area contributed by atoms with Gasteiger partial charge >= 0.3 is 0 Å². The second-order valence-corrected chi connectivity index (χ2v) is 9.76. The summed E-state index contributed by atoms with van der Waals surface area (Å²) in [7, 11) is 3.42. The highest BCUT2D eigenvalue weighted by atomic mass is 35.5. The first-order chi connectivity index (χ1) is 18.3. The standard InChI is InChI=1S/C27H28ClFN6O3/c1-16-9-31-33(2)26(16)32-25-8-22(23(28)10-30-25)19-7-24-27(37)35(21(15-38-3)13-34(24)11-19)12-18-6-20(29)5-4-17(18)14-36/h4-11,21,36H,12-15H2,1-3H3,(H,30,32)/t21-/m1/s1. The van der Waals surface area contributed by atoms with Gasteiger partial charge in [-0.25, -0.2) is 9.37 Å². The second-order valence-electron chi connectivity index (χ2n) is 9.35. The highest BCUT2D eigenvalue weighted by Crippen LogP contribution is 2.34. The molecule has 5 rings (SSSR count). The number of aryl methyl sites for hydroxylation is 2. The van der Waals surface area contributed by atoms with Crippen molar-refractivity contribution < 1.29 is 19.0 Å². The van der Waals surface area contributed by atoms with Gasteiger partial charge in [0, 0.05) is 56.3 Å². The lowest BCUT2D eigenvalue weighted by atomic mass is 10.0. The lowest BCUT2D eigenvalue weighted by molar-refractivity contribution is 0.0386. The summed E-state index contributed by atoms with van der Waals surface area (Å²) in [5.41, 5.74) is 4.08. The lowest BCUT2D eigenvalue weighted by Gasteiger charge is -2.36. The first kappa shape index (κ1) is 25.9. The minimum Gasteiger partial charge on any atom is -0.392 e. The maximum atomic E-state index is 14.0. The number of carbonyl (C=O) groups is 1. The van der Waals surface area contributed by atoms with E-state index in [1.165, 1.54) is 18.2 Å². The van der Waals surface area contributed by atoms with E-state index in [4.69, 9.17) is 16.3 Å². The number of nitrogens with zero attached hydrogens (tertiary/aromatic N) is 5. The van der Waals surface area contributed by atoms with Gasteiger partial charge in [-0.3, -0.25) is 9.48 Å². The van der Waals surface area contributed by atoms with Gasteiger partial charge in [0.1, 0.15) is 23.1 Å². The van der Waals surface area contributed by atoms with E-state index >= 15 is 0 Å². The van der Waals surface area contributed by atoms with Gasteiger partial charge in [0.05, 0.1) is 30.5 Å². The number of anilines is 2. The van der Waals surface area contributed by atoms with Crippen LogP contribution in [-0.2, 0) is 31.5 Å². The zero-order chi connectivity index (χ0) is 27.0. The molecule has 198 valence electrons. The molecule has 0 fully saturated rings. The zero-order valence-corrected chi connectivity index (χ0v) is 22.0. The van der Waals surface area contributed by atoms with Crippen molar-refractivity contribution in [2.24, 2.45) is 7.05 Å². The SMILES string of the molecule is COC[C@H]1Cn2cc(-c3cc(Nc4c(C)cnn4C)ncc3Cl)cc2C(=O)N1Cc1cc(F)ccc1CO. The molecule has 9 nitrogen and oxygen atoms in total. The number of fused-ring (bicyclic) bond motifs is 1. The molecule has 0 saturated heterocycles. The van der Waals surface area contributed by atoms with Gasteiger partial charge in [-0.1, -0.05) is 17.7 Å². The summed E-state index contributed by atoms with van der Waals surface area (Å²) >= 11 is 6.55. The molecule has 0 aliphatic carbocycles. The normalized spacial score (nSPS) is 15.2. The van der Waals surface area contributed by atoms with Gasteiger partial charge in [-0.2, -0.15) is 5.10 Å². The molecule has 0 unspecified atom stereocenters. The molecule has 0 bridgehead atoms. The number of ether oxygens (including phenoxy) is 1. The van der Waals surface area contributed by atoms with E-state index in [2.05, 4.69) is 15.4 Å². The van der Waals surface area contributed by atoms with Gasteiger partial charge in [0.15, 0.2) is 0 Å².